The third-order valence-corrected chi connectivity index (χ3v) is 2.43. The van der Waals surface area contributed by atoms with Crippen LogP contribution in [0.4, 0.5) is 0 Å². The van der Waals surface area contributed by atoms with E-state index in [0.29, 0.717) is 0 Å². The first-order valence-electron chi connectivity index (χ1n) is 5.12. The Labute approximate surface area is 113 Å². The maximum atomic E-state index is 4.55. The van der Waals surface area contributed by atoms with Crippen molar-refractivity contribution >= 4 is 11.0 Å². The van der Waals surface area contributed by atoms with Crippen LogP contribution in [0.25, 0.3) is 22.3 Å². The van der Waals surface area contributed by atoms with Crippen molar-refractivity contribution in [3.63, 3.8) is 0 Å². The average Bonchev–Trinajstić information content (AvgIpc) is 2.39. The van der Waals surface area contributed by atoms with Gasteiger partial charge in [0.05, 0.1) is 11.0 Å². The van der Waals surface area contributed by atoms with E-state index in [1.54, 1.807) is 6.20 Å². The van der Waals surface area contributed by atoms with Crippen molar-refractivity contribution in [2.45, 2.75) is 0 Å². The van der Waals surface area contributed by atoms with Crippen LogP contribution in [0.1, 0.15) is 0 Å². The molecule has 0 unspecified atom stereocenters. The van der Waals surface area contributed by atoms with Crippen molar-refractivity contribution in [3.05, 3.63) is 60.8 Å². The fourth-order valence-corrected chi connectivity index (χ4v) is 1.64. The van der Waals surface area contributed by atoms with Crippen molar-refractivity contribution < 1.29 is 20.1 Å². The number of nitrogens with zero attached hydrogens (tertiary/aromatic N) is 2. The Balaban J connectivity index is 0.00000108. The van der Waals surface area contributed by atoms with Crippen LogP contribution in [0.3, 0.4) is 0 Å². The first-order valence-corrected chi connectivity index (χ1v) is 5.12. The van der Waals surface area contributed by atoms with Crippen LogP contribution in [0.5, 0.6) is 0 Å². The standard InChI is InChI=1S/C14H9N2.Ir/c1-2-6-11(7-3-1)14-10-15-12-8-4-5-9-13(12)16-14;/h1-6,8-10H;/q-1;. The summed E-state index contributed by atoms with van der Waals surface area (Å²) in [7, 11) is 0. The Hall–Kier alpha value is -1.57. The molecule has 0 bridgehead atoms. The maximum Gasteiger partial charge on any atom is 0.0867 e. The zero-order chi connectivity index (χ0) is 10.8. The number of aromatic nitrogens is 2. The molecule has 0 amide bonds. The van der Waals surface area contributed by atoms with Gasteiger partial charge >= 0.3 is 0 Å². The molecule has 2 nitrogen and oxygen atoms in total. The predicted octanol–water partition coefficient (Wildman–Crippen LogP) is 3.09. The van der Waals surface area contributed by atoms with E-state index >= 15 is 0 Å². The smallest absolute Gasteiger partial charge is 0.0867 e. The molecule has 0 spiro atoms. The minimum Gasteiger partial charge on any atom is -0.293 e. The fraction of sp³-hybridized carbons (Fsp3) is 0. The van der Waals surface area contributed by atoms with Gasteiger partial charge in [0.2, 0.25) is 0 Å². The predicted molar refractivity (Wildman–Crippen MR) is 63.8 cm³/mol. The molecular weight excluding hydrogens is 388 g/mol. The molecule has 0 N–H and O–H groups in total. The van der Waals surface area contributed by atoms with Crippen LogP contribution in [0, 0.1) is 6.07 Å². The van der Waals surface area contributed by atoms with Gasteiger partial charge in [-0.05, 0) is 12.1 Å². The van der Waals surface area contributed by atoms with Crippen LogP contribution in [0.2, 0.25) is 0 Å². The SMILES string of the molecule is [Ir].[c-]1ccccc1-c1cnc2ccccc2n1. The van der Waals surface area contributed by atoms with Crippen molar-refractivity contribution in [1.29, 1.82) is 0 Å². The maximum absolute atomic E-state index is 4.55. The van der Waals surface area contributed by atoms with Crippen LogP contribution < -0.4 is 0 Å². The summed E-state index contributed by atoms with van der Waals surface area (Å²) in [5.41, 5.74) is 3.67. The van der Waals surface area contributed by atoms with Gasteiger partial charge < -0.3 is 0 Å². The summed E-state index contributed by atoms with van der Waals surface area (Å²) >= 11 is 0. The normalized spacial score (nSPS) is 9.88. The summed E-state index contributed by atoms with van der Waals surface area (Å²) in [6, 6.07) is 18.8. The number of hydrogen-bond acceptors (Lipinski definition) is 2. The monoisotopic (exact) mass is 398 g/mol. The summed E-state index contributed by atoms with van der Waals surface area (Å²) in [5, 5.41) is 0. The van der Waals surface area contributed by atoms with Gasteiger partial charge in [0.25, 0.3) is 0 Å². The van der Waals surface area contributed by atoms with E-state index in [2.05, 4.69) is 16.0 Å². The summed E-state index contributed by atoms with van der Waals surface area (Å²) in [6.45, 7) is 0. The van der Waals surface area contributed by atoms with Crippen molar-refractivity contribution in [2.75, 3.05) is 0 Å². The summed E-state index contributed by atoms with van der Waals surface area (Å²) in [4.78, 5) is 8.93. The van der Waals surface area contributed by atoms with Crippen LogP contribution in [-0.4, -0.2) is 9.97 Å². The topological polar surface area (TPSA) is 25.8 Å². The molecule has 17 heavy (non-hydrogen) atoms. The summed E-state index contributed by atoms with van der Waals surface area (Å²) in [6.07, 6.45) is 1.79. The van der Waals surface area contributed by atoms with E-state index in [4.69, 9.17) is 0 Å². The molecule has 1 heterocycles. The molecule has 0 atom stereocenters. The number of benzene rings is 2. The van der Waals surface area contributed by atoms with Gasteiger partial charge in [-0.15, -0.1) is 35.9 Å². The van der Waals surface area contributed by atoms with Crippen molar-refractivity contribution in [1.82, 2.24) is 9.97 Å². The van der Waals surface area contributed by atoms with Gasteiger partial charge in [-0.2, -0.15) is 0 Å². The van der Waals surface area contributed by atoms with Crippen molar-refractivity contribution in [3.8, 4) is 11.3 Å². The largest absolute Gasteiger partial charge is 0.293 e. The molecule has 1 radical (unpaired) electrons. The summed E-state index contributed by atoms with van der Waals surface area (Å²) in [5.74, 6) is 0. The minimum atomic E-state index is 0. The Morgan fingerprint density at radius 3 is 2.41 bits per heavy atom. The molecule has 0 saturated heterocycles. The molecule has 3 heteroatoms. The van der Waals surface area contributed by atoms with Gasteiger partial charge in [0.1, 0.15) is 0 Å². The van der Waals surface area contributed by atoms with Gasteiger partial charge in [0.15, 0.2) is 0 Å². The van der Waals surface area contributed by atoms with Gasteiger partial charge in [-0.3, -0.25) is 9.97 Å². The Morgan fingerprint density at radius 2 is 1.65 bits per heavy atom. The number of fused-ring (bicyclic) bond motifs is 1. The number of hydrogen-bond donors (Lipinski definition) is 0. The second kappa shape index (κ2) is 5.17. The van der Waals surface area contributed by atoms with Crippen LogP contribution >= 0.6 is 0 Å². The van der Waals surface area contributed by atoms with E-state index in [-0.39, 0.29) is 20.1 Å². The molecule has 1 aromatic heterocycles. The molecule has 3 aromatic rings. The minimum absolute atomic E-state index is 0. The van der Waals surface area contributed by atoms with E-state index in [1.807, 2.05) is 48.5 Å². The van der Waals surface area contributed by atoms with E-state index in [1.165, 1.54) is 0 Å². The molecule has 0 aliphatic carbocycles. The Bertz CT molecular complexity index is 623. The Kier molecular flexibility index (Phi) is 3.62. The molecule has 3 rings (SSSR count). The van der Waals surface area contributed by atoms with Crippen molar-refractivity contribution in [2.24, 2.45) is 0 Å². The third-order valence-electron chi connectivity index (χ3n) is 2.43. The van der Waals surface area contributed by atoms with Crippen LogP contribution in [-0.2, 0) is 20.1 Å². The summed E-state index contributed by atoms with van der Waals surface area (Å²) < 4.78 is 0. The second-order valence-corrected chi connectivity index (χ2v) is 3.52. The molecule has 0 saturated carbocycles. The van der Waals surface area contributed by atoms with E-state index in [9.17, 15) is 0 Å². The number of rotatable bonds is 1. The fourth-order valence-electron chi connectivity index (χ4n) is 1.64. The first-order chi connectivity index (χ1) is 7.93. The quantitative estimate of drug-likeness (QED) is 0.590. The van der Waals surface area contributed by atoms with Crippen LogP contribution in [0.15, 0.2) is 54.7 Å². The zero-order valence-corrected chi connectivity index (χ0v) is 11.3. The molecule has 0 aliphatic heterocycles. The molecule has 2 aromatic carbocycles. The molecule has 0 aliphatic rings. The first kappa shape index (κ1) is 11.9. The third kappa shape index (κ3) is 2.41. The molecule has 85 valence electrons. The average molecular weight is 397 g/mol. The zero-order valence-electron chi connectivity index (χ0n) is 8.92. The van der Waals surface area contributed by atoms with E-state index < -0.39 is 0 Å². The van der Waals surface area contributed by atoms with E-state index in [0.717, 1.165) is 22.3 Å². The Morgan fingerprint density at radius 1 is 0.882 bits per heavy atom. The molecule has 0 fully saturated rings. The van der Waals surface area contributed by atoms with Gasteiger partial charge in [0, 0.05) is 32.0 Å². The second-order valence-electron chi connectivity index (χ2n) is 3.52. The van der Waals surface area contributed by atoms with Gasteiger partial charge in [-0.1, -0.05) is 12.1 Å². The molecular formula is C14H9IrN2-. The number of para-hydroxylation sites is 2. The van der Waals surface area contributed by atoms with Gasteiger partial charge in [-0.25, -0.2) is 0 Å².